The Morgan fingerprint density at radius 1 is 1.15 bits per heavy atom. The molecule has 0 fully saturated rings. The van der Waals surface area contributed by atoms with Crippen LogP contribution < -0.4 is 10.6 Å². The molecular weight excluding hydrogens is 324 g/mol. The van der Waals surface area contributed by atoms with Crippen LogP contribution in [0.15, 0.2) is 29.3 Å². The lowest BCUT2D eigenvalue weighted by molar-refractivity contribution is 0.133. The first-order chi connectivity index (χ1) is 12.6. The molecule has 1 aromatic carbocycles. The van der Waals surface area contributed by atoms with E-state index >= 15 is 0 Å². The van der Waals surface area contributed by atoms with E-state index < -0.39 is 0 Å². The van der Waals surface area contributed by atoms with Crippen LogP contribution in [0.5, 0.6) is 0 Å². The molecule has 5 heteroatoms. The van der Waals surface area contributed by atoms with Gasteiger partial charge in [-0.05, 0) is 57.5 Å². The fraction of sp³-hybridized carbons (Fsp3) is 0.667. The number of ether oxygens (including phenoxy) is 1. The molecule has 26 heavy (non-hydrogen) atoms. The second kappa shape index (κ2) is 13.6. The van der Waals surface area contributed by atoms with Crippen LogP contribution in [-0.4, -0.2) is 50.2 Å². The van der Waals surface area contributed by atoms with Gasteiger partial charge < -0.3 is 20.3 Å². The van der Waals surface area contributed by atoms with Gasteiger partial charge in [-0.3, -0.25) is 4.99 Å². The monoisotopic (exact) mass is 362 g/mol. The van der Waals surface area contributed by atoms with Gasteiger partial charge in [0.05, 0.1) is 6.61 Å². The van der Waals surface area contributed by atoms with Gasteiger partial charge in [0.2, 0.25) is 0 Å². The molecule has 0 aliphatic heterocycles. The zero-order valence-electron chi connectivity index (χ0n) is 17.3. The Kier molecular flexibility index (Phi) is 11.7. The number of nitrogens with one attached hydrogen (secondary N) is 2. The number of benzene rings is 1. The van der Waals surface area contributed by atoms with E-state index in [2.05, 4.69) is 65.6 Å². The summed E-state index contributed by atoms with van der Waals surface area (Å²) in [6, 6.07) is 8.79. The lowest BCUT2D eigenvalue weighted by Crippen LogP contribution is -2.42. The minimum Gasteiger partial charge on any atom is -0.377 e. The Morgan fingerprint density at radius 3 is 2.46 bits per heavy atom. The molecule has 5 nitrogen and oxygen atoms in total. The summed E-state index contributed by atoms with van der Waals surface area (Å²) >= 11 is 0. The van der Waals surface area contributed by atoms with Gasteiger partial charge in [0.15, 0.2) is 5.96 Å². The minimum absolute atomic E-state index is 0.399. The summed E-state index contributed by atoms with van der Waals surface area (Å²) < 4.78 is 5.56. The first kappa shape index (κ1) is 22.5. The molecule has 1 aromatic rings. The van der Waals surface area contributed by atoms with E-state index in [-0.39, 0.29) is 0 Å². The molecule has 0 spiro atoms. The zero-order valence-corrected chi connectivity index (χ0v) is 17.3. The fourth-order valence-corrected chi connectivity index (χ4v) is 2.92. The van der Waals surface area contributed by atoms with Crippen LogP contribution in [0.4, 0.5) is 0 Å². The lowest BCUT2D eigenvalue weighted by Gasteiger charge is -2.21. The van der Waals surface area contributed by atoms with Crippen molar-refractivity contribution in [2.45, 2.75) is 59.7 Å². The van der Waals surface area contributed by atoms with E-state index in [0.717, 1.165) is 45.2 Å². The average molecular weight is 363 g/mol. The van der Waals surface area contributed by atoms with Gasteiger partial charge in [0.1, 0.15) is 0 Å². The summed E-state index contributed by atoms with van der Waals surface area (Å²) in [5.74, 6) is 0.853. The van der Waals surface area contributed by atoms with Crippen molar-refractivity contribution in [2.24, 2.45) is 4.99 Å². The molecule has 0 saturated heterocycles. The average Bonchev–Trinajstić information content (AvgIpc) is 2.67. The molecule has 0 aliphatic carbocycles. The van der Waals surface area contributed by atoms with Crippen molar-refractivity contribution in [1.82, 2.24) is 15.5 Å². The molecule has 0 aliphatic rings. The standard InChI is InChI=1S/C21H38N4O/c1-6-25(7-2)15-11-12-18(4)24-21(22-5)23-16-19-13-9-10-14-20(19)17-26-8-3/h9-10,13-14,18H,6-8,11-12,15-17H2,1-5H3,(H2,22,23,24). The summed E-state index contributed by atoms with van der Waals surface area (Å²) in [5.41, 5.74) is 2.47. The first-order valence-electron chi connectivity index (χ1n) is 9.98. The summed E-state index contributed by atoms with van der Waals surface area (Å²) in [5, 5.41) is 6.93. The van der Waals surface area contributed by atoms with Gasteiger partial charge in [0.25, 0.3) is 0 Å². The summed E-state index contributed by atoms with van der Waals surface area (Å²) in [6.07, 6.45) is 2.34. The maximum absolute atomic E-state index is 5.56. The Hall–Kier alpha value is -1.59. The molecule has 0 heterocycles. The van der Waals surface area contributed by atoms with Gasteiger partial charge in [-0.2, -0.15) is 0 Å². The van der Waals surface area contributed by atoms with Crippen molar-refractivity contribution >= 4 is 5.96 Å². The smallest absolute Gasteiger partial charge is 0.191 e. The summed E-state index contributed by atoms with van der Waals surface area (Å²) in [6.45, 7) is 14.2. The highest BCUT2D eigenvalue weighted by molar-refractivity contribution is 5.79. The molecule has 1 atom stereocenters. The largest absolute Gasteiger partial charge is 0.377 e. The van der Waals surface area contributed by atoms with E-state index in [9.17, 15) is 0 Å². The molecule has 0 aromatic heterocycles. The first-order valence-corrected chi connectivity index (χ1v) is 9.98. The molecule has 0 amide bonds. The number of hydrogen-bond donors (Lipinski definition) is 2. The second-order valence-corrected chi connectivity index (χ2v) is 6.55. The molecule has 148 valence electrons. The molecule has 0 saturated carbocycles. The third-order valence-electron chi connectivity index (χ3n) is 4.64. The fourth-order valence-electron chi connectivity index (χ4n) is 2.92. The molecule has 1 rings (SSSR count). The zero-order chi connectivity index (χ0) is 19.2. The van der Waals surface area contributed by atoms with Crippen LogP contribution in [-0.2, 0) is 17.9 Å². The van der Waals surface area contributed by atoms with Crippen LogP contribution in [0.1, 0.15) is 51.7 Å². The van der Waals surface area contributed by atoms with Crippen LogP contribution in [0.3, 0.4) is 0 Å². The second-order valence-electron chi connectivity index (χ2n) is 6.55. The molecule has 1 unspecified atom stereocenters. The van der Waals surface area contributed by atoms with Crippen molar-refractivity contribution in [1.29, 1.82) is 0 Å². The highest BCUT2D eigenvalue weighted by Crippen LogP contribution is 2.10. The van der Waals surface area contributed by atoms with E-state index in [1.807, 2.05) is 14.0 Å². The van der Waals surface area contributed by atoms with Gasteiger partial charge >= 0.3 is 0 Å². The topological polar surface area (TPSA) is 48.9 Å². The Bertz CT molecular complexity index is 514. The highest BCUT2D eigenvalue weighted by atomic mass is 16.5. The molecular formula is C21H38N4O. The third-order valence-corrected chi connectivity index (χ3v) is 4.64. The van der Waals surface area contributed by atoms with Gasteiger partial charge in [0, 0.05) is 26.2 Å². The minimum atomic E-state index is 0.399. The van der Waals surface area contributed by atoms with Crippen LogP contribution in [0.25, 0.3) is 0 Å². The van der Waals surface area contributed by atoms with Crippen LogP contribution in [0.2, 0.25) is 0 Å². The van der Waals surface area contributed by atoms with Crippen molar-refractivity contribution in [3.63, 3.8) is 0 Å². The van der Waals surface area contributed by atoms with Gasteiger partial charge in [-0.1, -0.05) is 38.1 Å². The highest BCUT2D eigenvalue weighted by Gasteiger charge is 2.08. The van der Waals surface area contributed by atoms with Crippen LogP contribution in [0, 0.1) is 0 Å². The quantitative estimate of drug-likeness (QED) is 0.442. The predicted octanol–water partition coefficient (Wildman–Crippen LogP) is 3.40. The SMILES string of the molecule is CCOCc1ccccc1CNC(=NC)NC(C)CCCN(CC)CC. The maximum atomic E-state index is 5.56. The van der Waals surface area contributed by atoms with E-state index in [1.165, 1.54) is 17.5 Å². The van der Waals surface area contributed by atoms with Gasteiger partial charge in [-0.25, -0.2) is 0 Å². The summed E-state index contributed by atoms with van der Waals surface area (Å²) in [7, 11) is 1.82. The number of hydrogen-bond acceptors (Lipinski definition) is 3. The molecule has 0 bridgehead atoms. The van der Waals surface area contributed by atoms with Crippen molar-refractivity contribution in [3.05, 3.63) is 35.4 Å². The Labute approximate surface area is 160 Å². The van der Waals surface area contributed by atoms with E-state index in [0.29, 0.717) is 12.6 Å². The number of nitrogens with zero attached hydrogens (tertiary/aromatic N) is 2. The van der Waals surface area contributed by atoms with Crippen LogP contribution >= 0.6 is 0 Å². The van der Waals surface area contributed by atoms with Crippen molar-refractivity contribution in [2.75, 3.05) is 33.3 Å². The maximum Gasteiger partial charge on any atom is 0.191 e. The Morgan fingerprint density at radius 2 is 1.85 bits per heavy atom. The van der Waals surface area contributed by atoms with E-state index in [4.69, 9.17) is 4.74 Å². The third kappa shape index (κ3) is 8.68. The van der Waals surface area contributed by atoms with Crippen molar-refractivity contribution < 1.29 is 4.74 Å². The Balaban J connectivity index is 2.43. The molecule has 0 radical (unpaired) electrons. The van der Waals surface area contributed by atoms with Crippen molar-refractivity contribution in [3.8, 4) is 0 Å². The van der Waals surface area contributed by atoms with Gasteiger partial charge in [-0.15, -0.1) is 0 Å². The number of aliphatic imine (C=N–C) groups is 1. The summed E-state index contributed by atoms with van der Waals surface area (Å²) in [4.78, 5) is 6.83. The lowest BCUT2D eigenvalue weighted by atomic mass is 10.1. The number of guanidine groups is 1. The normalized spacial score (nSPS) is 13.1. The molecule has 2 N–H and O–H groups in total. The van der Waals surface area contributed by atoms with E-state index in [1.54, 1.807) is 0 Å². The predicted molar refractivity (Wildman–Crippen MR) is 112 cm³/mol. The number of rotatable bonds is 12.